The third-order valence-corrected chi connectivity index (χ3v) is 33.6. The number of morpholine rings is 8. The summed E-state index contributed by atoms with van der Waals surface area (Å²) in [6, 6.07) is 3.51. The highest BCUT2D eigenvalue weighted by molar-refractivity contribution is 5.24. The molecule has 104 heavy (non-hydrogen) atoms. The Hall–Kier alpha value is -0.960. The number of rotatable bonds is 8. The van der Waals surface area contributed by atoms with Gasteiger partial charge in [-0.15, -0.1) is 0 Å². The number of hydrogen-bond acceptors (Lipinski definition) is 24. The van der Waals surface area contributed by atoms with Crippen LogP contribution in [0.3, 0.4) is 0 Å². The molecular formula is C80H136N16O8. The standard InChI is InChI=1S/C80H136N16O8/c1-2-10-50-49(9-1)65(89-17-33-97-34-18-89)57-58(66(50)90-19-35-98-36-20-90)74-81-73(57)85-75-59-60(68(92-23-39-100-40-24-92)52-12-4-3-11-51(52)67(59)91-21-37-99-38-22-91)77(82-75)87-79-63-64(72(96-31-47-104-48-32-96)56-16-8-7-15-55(56)71(63)95-29-45-103-46-30-95)80(84-79)88-78-62-61(76(83-78)86-74)69(93-25-41-101-42-26-93)53-13-5-6-14-54(53)70(62)94-27-43-102-44-28-94/h49-88H,1-48H2. The minimum atomic E-state index is 0.0640. The maximum atomic E-state index is 6.44. The molecule has 24 unspecified atom stereocenters. The predicted octanol–water partition coefficient (Wildman–Crippen LogP) is 1.20. The first-order valence-corrected chi connectivity index (χ1v) is 44.3. The lowest BCUT2D eigenvalue weighted by Gasteiger charge is -2.60. The van der Waals surface area contributed by atoms with Gasteiger partial charge in [0, 0.05) is 200 Å². The minimum absolute atomic E-state index is 0.0640. The van der Waals surface area contributed by atoms with Gasteiger partial charge in [-0.3, -0.25) is 81.7 Å². The van der Waals surface area contributed by atoms with Crippen molar-refractivity contribution in [3.63, 3.8) is 0 Å². The Morgan fingerprint density at radius 2 is 0.260 bits per heavy atom. The smallest absolute Gasteiger partial charge is 0.0644 e. The van der Waals surface area contributed by atoms with Crippen LogP contribution in [0.25, 0.3) is 0 Å². The maximum absolute atomic E-state index is 6.44. The van der Waals surface area contributed by atoms with Crippen LogP contribution < -0.4 is 42.5 Å². The Bertz CT molecular complexity index is 2280. The first kappa shape index (κ1) is 70.9. The molecule has 8 bridgehead atoms. The zero-order valence-corrected chi connectivity index (χ0v) is 63.3. The Morgan fingerprint density at radius 1 is 0.154 bits per heavy atom. The Balaban J connectivity index is 0.777. The molecule has 0 amide bonds. The Morgan fingerprint density at radius 3 is 0.365 bits per heavy atom. The third-order valence-electron chi connectivity index (χ3n) is 33.6. The fraction of sp³-hybridized carbons (Fsp3) is 1.00. The van der Waals surface area contributed by atoms with E-state index in [0.717, 1.165) is 210 Å². The van der Waals surface area contributed by atoms with Gasteiger partial charge in [0.15, 0.2) is 0 Å². The van der Waals surface area contributed by atoms with E-state index < -0.39 is 0 Å². The van der Waals surface area contributed by atoms with Gasteiger partial charge >= 0.3 is 0 Å². The molecule has 21 rings (SSSR count). The van der Waals surface area contributed by atoms with Crippen LogP contribution in [0.5, 0.6) is 0 Å². The summed E-state index contributed by atoms with van der Waals surface area (Å²) in [6.45, 7) is 29.7. The topological polar surface area (TPSA) is 196 Å². The van der Waals surface area contributed by atoms with Crippen LogP contribution in [0.4, 0.5) is 0 Å². The highest BCUT2D eigenvalue weighted by atomic mass is 16.5. The van der Waals surface area contributed by atoms with Crippen molar-refractivity contribution in [3.05, 3.63) is 0 Å². The fourth-order valence-electron chi connectivity index (χ4n) is 30.4. The number of nitrogens with zero attached hydrogens (tertiary/aromatic N) is 8. The van der Waals surface area contributed by atoms with Gasteiger partial charge in [0.25, 0.3) is 0 Å². The summed E-state index contributed by atoms with van der Waals surface area (Å²) in [5, 5.41) is 39.9. The summed E-state index contributed by atoms with van der Waals surface area (Å²) in [4.78, 5) is 24.3. The van der Waals surface area contributed by atoms with Gasteiger partial charge in [-0.2, -0.15) is 0 Å². The average molecular weight is 1450 g/mol. The van der Waals surface area contributed by atoms with Gasteiger partial charge in [-0.25, -0.2) is 0 Å². The number of nitrogens with one attached hydrogen (secondary N) is 8. The number of fused-ring (bicyclic) bond motifs is 24. The van der Waals surface area contributed by atoms with E-state index in [1.165, 1.54) is 103 Å². The van der Waals surface area contributed by atoms with E-state index in [2.05, 4.69) is 39.2 Å². The van der Waals surface area contributed by atoms with Crippen molar-refractivity contribution in [2.24, 2.45) is 94.7 Å². The second-order valence-corrected chi connectivity index (χ2v) is 37.3. The average Bonchev–Trinajstić information content (AvgIpc) is 1.24. The van der Waals surface area contributed by atoms with Gasteiger partial charge in [0.2, 0.25) is 0 Å². The monoisotopic (exact) mass is 1450 g/mol. The molecule has 24 atom stereocenters. The van der Waals surface area contributed by atoms with Crippen molar-refractivity contribution in [1.82, 2.24) is 81.7 Å². The zero-order chi connectivity index (χ0) is 68.3. The van der Waals surface area contributed by atoms with Gasteiger partial charge in [0.05, 0.1) is 155 Å². The molecule has 21 fully saturated rings. The van der Waals surface area contributed by atoms with E-state index in [1.54, 1.807) is 0 Å². The van der Waals surface area contributed by atoms with Gasteiger partial charge in [-0.05, 0) is 98.7 Å². The summed E-state index contributed by atoms with van der Waals surface area (Å²) in [6.07, 6.45) is 21.9. The normalized spacial score (nSPS) is 52.2. The van der Waals surface area contributed by atoms with Crippen LogP contribution in [-0.4, -0.2) is 347 Å². The van der Waals surface area contributed by atoms with Gasteiger partial charge < -0.3 is 37.9 Å². The molecule has 13 saturated heterocycles. The second-order valence-electron chi connectivity index (χ2n) is 37.3. The minimum Gasteiger partial charge on any atom is -0.379 e. The van der Waals surface area contributed by atoms with Crippen molar-refractivity contribution in [1.29, 1.82) is 0 Å². The van der Waals surface area contributed by atoms with Crippen LogP contribution in [0.15, 0.2) is 0 Å². The van der Waals surface area contributed by atoms with Crippen molar-refractivity contribution >= 4 is 0 Å². The van der Waals surface area contributed by atoms with E-state index in [9.17, 15) is 0 Å². The molecule has 24 nitrogen and oxygen atoms in total. The second kappa shape index (κ2) is 31.1. The molecule has 8 N–H and O–H groups in total. The molecule has 0 aromatic carbocycles. The van der Waals surface area contributed by atoms with E-state index in [1.807, 2.05) is 0 Å². The van der Waals surface area contributed by atoms with Gasteiger partial charge in [-0.1, -0.05) is 51.4 Å². The molecule has 584 valence electrons. The summed E-state index contributed by atoms with van der Waals surface area (Å²) in [5.74, 6) is 7.83. The Kier molecular flexibility index (Phi) is 21.2. The quantitative estimate of drug-likeness (QED) is 0.173. The van der Waals surface area contributed by atoms with Crippen LogP contribution in [0.2, 0.25) is 0 Å². The Labute approximate surface area is 622 Å². The van der Waals surface area contributed by atoms with Crippen LogP contribution in [-0.2, 0) is 37.9 Å². The maximum Gasteiger partial charge on any atom is 0.0644 e. The summed E-state index contributed by atoms with van der Waals surface area (Å²) >= 11 is 0. The molecule has 21 aliphatic rings. The molecule has 8 aliphatic carbocycles. The molecule has 0 spiro atoms. The predicted molar refractivity (Wildman–Crippen MR) is 395 cm³/mol. The van der Waals surface area contributed by atoms with Gasteiger partial charge in [0.1, 0.15) is 0 Å². The molecular weight excluding hydrogens is 1310 g/mol. The van der Waals surface area contributed by atoms with E-state index in [4.69, 9.17) is 80.4 Å². The van der Waals surface area contributed by atoms with Crippen LogP contribution >= 0.6 is 0 Å². The lowest BCUT2D eigenvalue weighted by molar-refractivity contribution is -0.131. The lowest BCUT2D eigenvalue weighted by atomic mass is 9.56. The van der Waals surface area contributed by atoms with Crippen molar-refractivity contribution in [2.45, 2.75) is 200 Å². The first-order valence-electron chi connectivity index (χ1n) is 44.3. The zero-order valence-electron chi connectivity index (χ0n) is 63.3. The van der Waals surface area contributed by atoms with E-state index >= 15 is 0 Å². The molecule has 0 aromatic heterocycles. The largest absolute Gasteiger partial charge is 0.379 e. The van der Waals surface area contributed by atoms with Crippen molar-refractivity contribution < 1.29 is 37.9 Å². The molecule has 24 heteroatoms. The van der Waals surface area contributed by atoms with E-state index in [-0.39, 0.29) is 49.3 Å². The molecule has 8 saturated carbocycles. The third kappa shape index (κ3) is 12.6. The first-order chi connectivity index (χ1) is 51.7. The molecule has 13 aliphatic heterocycles. The SMILES string of the molecule is C1CCC2C(C1)C(N1CCOCC1)C1C3NC(NC4NC(NC5NC(NC6NC(N3)C3C6C(N6CCOCC6)C6CCCCC6C3N3CCOCC3)C3C5C(N5CCOCC5)C5CCCCC5C3N3CCOCC3)C3C4C(N4CCOCC4)C4CCCCC4C3N3CCOCC3)C1C2N1CCOCC1. The van der Waals surface area contributed by atoms with Crippen LogP contribution in [0, 0.1) is 94.7 Å². The molecule has 13 heterocycles. The summed E-state index contributed by atoms with van der Waals surface area (Å²) < 4.78 is 51.5. The lowest BCUT2D eigenvalue weighted by Crippen LogP contribution is -2.70. The van der Waals surface area contributed by atoms with E-state index in [0.29, 0.717) is 143 Å². The van der Waals surface area contributed by atoms with Crippen LogP contribution in [0.1, 0.15) is 103 Å². The summed E-state index contributed by atoms with van der Waals surface area (Å²) in [5.41, 5.74) is 0. The number of hydrogen-bond donors (Lipinski definition) is 8. The van der Waals surface area contributed by atoms with Crippen molar-refractivity contribution in [2.75, 3.05) is 210 Å². The molecule has 0 radical (unpaired) electrons. The highest BCUT2D eigenvalue weighted by Crippen LogP contribution is 2.60. The highest BCUT2D eigenvalue weighted by Gasteiger charge is 2.70. The molecule has 0 aromatic rings. The fourth-order valence-corrected chi connectivity index (χ4v) is 30.4. The number of ether oxygens (including phenoxy) is 8. The van der Waals surface area contributed by atoms with Crippen molar-refractivity contribution in [3.8, 4) is 0 Å². The summed E-state index contributed by atoms with van der Waals surface area (Å²) in [7, 11) is 0.